The number of carbonyl (C=O) groups is 1. The molecule has 0 aliphatic carbocycles. The largest absolute Gasteiger partial charge is 0.299 e. The fourth-order valence-corrected chi connectivity index (χ4v) is 1.52. The van der Waals surface area contributed by atoms with Crippen LogP contribution < -0.4 is 0 Å². The molecule has 0 atom stereocenters. The molecule has 0 aliphatic rings. The second kappa shape index (κ2) is 4.30. The number of hydrogen-bond acceptors (Lipinski definition) is 4. The Morgan fingerprint density at radius 3 is 2.92 bits per heavy atom. The smallest absolute Gasteiger partial charge is 0.140 e. The van der Waals surface area contributed by atoms with E-state index in [4.69, 9.17) is 0 Å². The SMILES string of the molecule is CC(C)CC(=O)Cc1nncs1. The number of nitrogens with zero attached hydrogens (tertiary/aromatic N) is 2. The van der Waals surface area contributed by atoms with Gasteiger partial charge in [0.2, 0.25) is 0 Å². The first-order valence-corrected chi connectivity index (χ1v) is 4.83. The Kier molecular flexibility index (Phi) is 3.34. The highest BCUT2D eigenvalue weighted by Gasteiger charge is 2.07. The maximum atomic E-state index is 11.3. The summed E-state index contributed by atoms with van der Waals surface area (Å²) >= 11 is 1.44. The van der Waals surface area contributed by atoms with E-state index in [-0.39, 0.29) is 5.78 Å². The average Bonchev–Trinajstić information content (AvgIpc) is 2.37. The summed E-state index contributed by atoms with van der Waals surface area (Å²) < 4.78 is 0. The predicted molar refractivity (Wildman–Crippen MR) is 48.1 cm³/mol. The van der Waals surface area contributed by atoms with Crippen LogP contribution in [0.25, 0.3) is 0 Å². The first-order valence-electron chi connectivity index (χ1n) is 3.95. The second-order valence-corrected chi connectivity index (χ2v) is 4.06. The van der Waals surface area contributed by atoms with Crippen LogP contribution in [0.1, 0.15) is 25.3 Å². The van der Waals surface area contributed by atoms with E-state index in [0.29, 0.717) is 18.8 Å². The van der Waals surface area contributed by atoms with E-state index >= 15 is 0 Å². The number of aromatic nitrogens is 2. The van der Waals surface area contributed by atoms with E-state index < -0.39 is 0 Å². The molecule has 0 spiro atoms. The van der Waals surface area contributed by atoms with Crippen LogP contribution in [0.3, 0.4) is 0 Å². The molecular formula is C8H12N2OS. The Morgan fingerprint density at radius 2 is 2.42 bits per heavy atom. The monoisotopic (exact) mass is 184 g/mol. The first kappa shape index (κ1) is 9.32. The van der Waals surface area contributed by atoms with Gasteiger partial charge in [-0.15, -0.1) is 21.5 Å². The third-order valence-electron chi connectivity index (χ3n) is 1.39. The van der Waals surface area contributed by atoms with Gasteiger partial charge in [0.15, 0.2) is 0 Å². The van der Waals surface area contributed by atoms with E-state index in [0.717, 1.165) is 5.01 Å². The molecule has 66 valence electrons. The first-order chi connectivity index (χ1) is 5.68. The van der Waals surface area contributed by atoms with Crippen molar-refractivity contribution < 1.29 is 4.79 Å². The Labute approximate surface area is 75.8 Å². The van der Waals surface area contributed by atoms with Gasteiger partial charge in [0, 0.05) is 6.42 Å². The van der Waals surface area contributed by atoms with Gasteiger partial charge in [0.05, 0.1) is 6.42 Å². The molecule has 0 amide bonds. The van der Waals surface area contributed by atoms with Crippen LogP contribution in [0.4, 0.5) is 0 Å². The van der Waals surface area contributed by atoms with Gasteiger partial charge in [-0.05, 0) is 5.92 Å². The average molecular weight is 184 g/mol. The lowest BCUT2D eigenvalue weighted by atomic mass is 10.1. The van der Waals surface area contributed by atoms with Gasteiger partial charge in [0.25, 0.3) is 0 Å². The predicted octanol–water partition coefficient (Wildman–Crippen LogP) is 1.70. The molecule has 1 aromatic rings. The molecule has 0 N–H and O–H groups in total. The molecule has 4 heteroatoms. The summed E-state index contributed by atoms with van der Waals surface area (Å²) in [5, 5.41) is 8.30. The van der Waals surface area contributed by atoms with E-state index in [2.05, 4.69) is 10.2 Å². The molecule has 0 saturated carbocycles. The van der Waals surface area contributed by atoms with Crippen LogP contribution in [0.15, 0.2) is 5.51 Å². The van der Waals surface area contributed by atoms with Gasteiger partial charge in [0.1, 0.15) is 16.3 Å². The zero-order chi connectivity index (χ0) is 8.97. The quantitative estimate of drug-likeness (QED) is 0.715. The summed E-state index contributed by atoms with van der Waals surface area (Å²) in [5.74, 6) is 0.687. The third kappa shape index (κ3) is 3.09. The van der Waals surface area contributed by atoms with Crippen molar-refractivity contribution in [1.82, 2.24) is 10.2 Å². The van der Waals surface area contributed by atoms with Gasteiger partial charge in [-0.3, -0.25) is 4.79 Å². The standard InChI is InChI=1S/C8H12N2OS/c1-6(2)3-7(11)4-8-10-9-5-12-8/h5-6H,3-4H2,1-2H3. The summed E-state index contributed by atoms with van der Waals surface area (Å²) in [6.45, 7) is 4.08. The van der Waals surface area contributed by atoms with Crippen LogP contribution in [0, 0.1) is 5.92 Å². The minimum absolute atomic E-state index is 0.252. The third-order valence-corrected chi connectivity index (χ3v) is 2.09. The summed E-state index contributed by atoms with van der Waals surface area (Å²) in [5.41, 5.74) is 1.65. The summed E-state index contributed by atoms with van der Waals surface area (Å²) in [4.78, 5) is 11.3. The molecule has 0 unspecified atom stereocenters. The minimum atomic E-state index is 0.252. The van der Waals surface area contributed by atoms with E-state index in [1.165, 1.54) is 11.3 Å². The molecule has 12 heavy (non-hydrogen) atoms. The van der Waals surface area contributed by atoms with Crippen molar-refractivity contribution in [2.45, 2.75) is 26.7 Å². The molecule has 0 aromatic carbocycles. The highest BCUT2D eigenvalue weighted by atomic mass is 32.1. The van der Waals surface area contributed by atoms with Crippen molar-refractivity contribution in [2.24, 2.45) is 5.92 Å². The molecular weight excluding hydrogens is 172 g/mol. The zero-order valence-corrected chi connectivity index (χ0v) is 8.10. The Hall–Kier alpha value is -0.770. The Balaban J connectivity index is 2.37. The lowest BCUT2D eigenvalue weighted by Gasteiger charge is -2.00. The topological polar surface area (TPSA) is 42.9 Å². The molecule has 1 aromatic heterocycles. The van der Waals surface area contributed by atoms with Gasteiger partial charge < -0.3 is 0 Å². The number of ketones is 1. The lowest BCUT2D eigenvalue weighted by Crippen LogP contribution is -2.05. The highest BCUT2D eigenvalue weighted by Crippen LogP contribution is 2.07. The van der Waals surface area contributed by atoms with Crippen molar-refractivity contribution in [3.8, 4) is 0 Å². The molecule has 1 heterocycles. The van der Waals surface area contributed by atoms with Crippen molar-refractivity contribution >= 4 is 17.1 Å². The zero-order valence-electron chi connectivity index (χ0n) is 7.28. The lowest BCUT2D eigenvalue weighted by molar-refractivity contribution is -0.119. The van der Waals surface area contributed by atoms with Crippen LogP contribution in [0.5, 0.6) is 0 Å². The molecule has 0 saturated heterocycles. The molecule has 0 radical (unpaired) electrons. The van der Waals surface area contributed by atoms with Crippen molar-refractivity contribution in [3.05, 3.63) is 10.5 Å². The fourth-order valence-electron chi connectivity index (χ4n) is 0.969. The Bertz CT molecular complexity index is 244. The van der Waals surface area contributed by atoms with Crippen molar-refractivity contribution in [3.63, 3.8) is 0 Å². The van der Waals surface area contributed by atoms with Crippen LogP contribution in [-0.2, 0) is 11.2 Å². The number of Topliss-reactive ketones (excluding diaryl/α,β-unsaturated/α-hetero) is 1. The highest BCUT2D eigenvalue weighted by molar-refractivity contribution is 7.09. The van der Waals surface area contributed by atoms with E-state index in [9.17, 15) is 4.79 Å². The van der Waals surface area contributed by atoms with E-state index in [1.54, 1.807) is 5.51 Å². The minimum Gasteiger partial charge on any atom is -0.299 e. The van der Waals surface area contributed by atoms with Crippen LogP contribution in [-0.4, -0.2) is 16.0 Å². The molecule has 0 bridgehead atoms. The maximum Gasteiger partial charge on any atom is 0.140 e. The number of rotatable bonds is 4. The van der Waals surface area contributed by atoms with Crippen molar-refractivity contribution in [2.75, 3.05) is 0 Å². The van der Waals surface area contributed by atoms with Gasteiger partial charge in [-0.2, -0.15) is 0 Å². The molecule has 0 aliphatic heterocycles. The van der Waals surface area contributed by atoms with Gasteiger partial charge >= 0.3 is 0 Å². The second-order valence-electron chi connectivity index (χ2n) is 3.15. The van der Waals surface area contributed by atoms with E-state index in [1.807, 2.05) is 13.8 Å². The van der Waals surface area contributed by atoms with Crippen LogP contribution in [0.2, 0.25) is 0 Å². The van der Waals surface area contributed by atoms with Gasteiger partial charge in [-0.25, -0.2) is 0 Å². The van der Waals surface area contributed by atoms with Crippen LogP contribution >= 0.6 is 11.3 Å². The molecule has 3 nitrogen and oxygen atoms in total. The number of hydrogen-bond donors (Lipinski definition) is 0. The summed E-state index contributed by atoms with van der Waals surface area (Å²) in [6, 6.07) is 0. The number of carbonyl (C=O) groups excluding carboxylic acids is 1. The molecule has 1 rings (SSSR count). The maximum absolute atomic E-state index is 11.3. The summed E-state index contributed by atoms with van der Waals surface area (Å²) in [7, 11) is 0. The Morgan fingerprint density at radius 1 is 1.67 bits per heavy atom. The fraction of sp³-hybridized carbons (Fsp3) is 0.625. The van der Waals surface area contributed by atoms with Crippen molar-refractivity contribution in [1.29, 1.82) is 0 Å². The normalized spacial score (nSPS) is 10.6. The molecule has 0 fully saturated rings. The van der Waals surface area contributed by atoms with Gasteiger partial charge in [-0.1, -0.05) is 13.8 Å². The summed E-state index contributed by atoms with van der Waals surface area (Å²) in [6.07, 6.45) is 1.09.